The van der Waals surface area contributed by atoms with Gasteiger partial charge < -0.3 is 9.47 Å². The van der Waals surface area contributed by atoms with Crippen LogP contribution < -0.4 is 5.32 Å². The van der Waals surface area contributed by atoms with E-state index in [4.69, 9.17) is 9.47 Å². The molecule has 0 aliphatic rings. The second kappa shape index (κ2) is 9.41. The SMILES string of the molecule is CC(C)(C)OC(=O)Nc1n[nH]c2ccc(-c3ccc(C(C)(CN=C=O)OC(C)(C)C)cc3)cc12. The number of anilines is 1. The average Bonchev–Trinajstić information content (AvgIpc) is 3.11. The molecule has 1 unspecified atom stereocenters. The summed E-state index contributed by atoms with van der Waals surface area (Å²) in [5.74, 6) is 0.403. The van der Waals surface area contributed by atoms with E-state index in [-0.39, 0.29) is 6.54 Å². The van der Waals surface area contributed by atoms with E-state index in [1.54, 1.807) is 26.9 Å². The summed E-state index contributed by atoms with van der Waals surface area (Å²) in [6.07, 6.45) is 1.05. The number of hydrogen-bond acceptors (Lipinski definition) is 6. The van der Waals surface area contributed by atoms with Crippen molar-refractivity contribution >= 4 is 28.9 Å². The molecule has 0 spiro atoms. The third kappa shape index (κ3) is 6.31. The molecule has 0 fully saturated rings. The third-order valence-corrected chi connectivity index (χ3v) is 4.99. The number of nitrogens with zero attached hydrogens (tertiary/aromatic N) is 2. The lowest BCUT2D eigenvalue weighted by Crippen LogP contribution is -2.37. The Balaban J connectivity index is 1.90. The Morgan fingerprint density at radius 3 is 2.24 bits per heavy atom. The molecule has 8 nitrogen and oxygen atoms in total. The van der Waals surface area contributed by atoms with Gasteiger partial charge in [-0.15, -0.1) is 0 Å². The number of amides is 1. The number of nitrogens with one attached hydrogen (secondary N) is 2. The van der Waals surface area contributed by atoms with Gasteiger partial charge in [-0.3, -0.25) is 10.4 Å². The minimum absolute atomic E-state index is 0.174. The Bertz CT molecular complexity index is 1210. The number of rotatable bonds is 6. The van der Waals surface area contributed by atoms with Gasteiger partial charge in [-0.25, -0.2) is 14.6 Å². The first-order chi connectivity index (χ1) is 15.8. The molecule has 2 N–H and O–H groups in total. The molecule has 1 heterocycles. The smallest absolute Gasteiger partial charge is 0.413 e. The highest BCUT2D eigenvalue weighted by molar-refractivity contribution is 5.99. The van der Waals surface area contributed by atoms with Crippen molar-refractivity contribution in [2.24, 2.45) is 4.99 Å². The number of H-pyrrole nitrogens is 1. The summed E-state index contributed by atoms with van der Waals surface area (Å²) in [6, 6.07) is 13.8. The zero-order valence-corrected chi connectivity index (χ0v) is 20.8. The summed E-state index contributed by atoms with van der Waals surface area (Å²) in [5, 5.41) is 10.6. The fourth-order valence-electron chi connectivity index (χ4n) is 3.75. The zero-order valence-electron chi connectivity index (χ0n) is 20.8. The molecule has 0 saturated carbocycles. The van der Waals surface area contributed by atoms with Crippen LogP contribution in [0, 0.1) is 0 Å². The first-order valence-corrected chi connectivity index (χ1v) is 11.1. The number of isocyanates is 1. The number of carbonyl (C=O) groups is 1. The highest BCUT2D eigenvalue weighted by Crippen LogP contribution is 2.33. The molecule has 34 heavy (non-hydrogen) atoms. The van der Waals surface area contributed by atoms with E-state index < -0.39 is 22.9 Å². The molecular weight excluding hydrogens is 432 g/mol. The van der Waals surface area contributed by atoms with Crippen LogP contribution >= 0.6 is 0 Å². The van der Waals surface area contributed by atoms with Gasteiger partial charge in [0, 0.05) is 5.39 Å². The molecule has 0 bridgehead atoms. The maximum Gasteiger partial charge on any atom is 0.413 e. The molecule has 1 atom stereocenters. The van der Waals surface area contributed by atoms with E-state index >= 15 is 0 Å². The Morgan fingerprint density at radius 2 is 1.65 bits per heavy atom. The fraction of sp³-hybridized carbons (Fsp3) is 0.423. The number of aromatic amines is 1. The van der Waals surface area contributed by atoms with Gasteiger partial charge in [-0.05, 0) is 77.3 Å². The molecule has 0 saturated heterocycles. The standard InChI is InChI=1S/C26H32N4O4/c1-24(2,3)33-23(32)28-22-20-14-18(10-13-21(20)29-30-22)17-8-11-19(12-9-17)26(7,15-27-16-31)34-25(4,5)6/h8-14H,15H2,1-7H3,(H2,28,29,30,32). The molecule has 0 aliphatic heterocycles. The summed E-state index contributed by atoms with van der Waals surface area (Å²) in [6.45, 7) is 13.4. The van der Waals surface area contributed by atoms with Crippen LogP contribution in [0.25, 0.3) is 22.0 Å². The van der Waals surface area contributed by atoms with Gasteiger partial charge in [0.25, 0.3) is 0 Å². The molecule has 2 aromatic carbocycles. The van der Waals surface area contributed by atoms with Gasteiger partial charge in [0.05, 0.1) is 17.7 Å². The Kier molecular flexibility index (Phi) is 6.96. The van der Waals surface area contributed by atoms with Crippen LogP contribution in [0.2, 0.25) is 0 Å². The van der Waals surface area contributed by atoms with Crippen molar-refractivity contribution in [1.29, 1.82) is 0 Å². The van der Waals surface area contributed by atoms with Crippen LogP contribution in [0.15, 0.2) is 47.5 Å². The van der Waals surface area contributed by atoms with Crippen molar-refractivity contribution in [2.75, 3.05) is 11.9 Å². The van der Waals surface area contributed by atoms with Gasteiger partial charge in [0.15, 0.2) is 5.82 Å². The highest BCUT2D eigenvalue weighted by Gasteiger charge is 2.32. The molecule has 1 amide bonds. The van der Waals surface area contributed by atoms with Crippen molar-refractivity contribution in [3.05, 3.63) is 48.0 Å². The van der Waals surface area contributed by atoms with E-state index in [9.17, 15) is 9.59 Å². The van der Waals surface area contributed by atoms with Crippen molar-refractivity contribution in [3.63, 3.8) is 0 Å². The van der Waals surface area contributed by atoms with E-state index in [0.717, 1.165) is 27.6 Å². The largest absolute Gasteiger partial charge is 0.444 e. The topological polar surface area (TPSA) is 106 Å². The molecule has 3 rings (SSSR count). The molecule has 3 aromatic rings. The van der Waals surface area contributed by atoms with Crippen molar-refractivity contribution in [1.82, 2.24) is 10.2 Å². The van der Waals surface area contributed by atoms with Gasteiger partial charge in [-0.1, -0.05) is 30.3 Å². The average molecular weight is 465 g/mol. The van der Waals surface area contributed by atoms with E-state index in [0.29, 0.717) is 5.82 Å². The lowest BCUT2D eigenvalue weighted by Gasteiger charge is -2.36. The predicted molar refractivity (Wildman–Crippen MR) is 133 cm³/mol. The minimum Gasteiger partial charge on any atom is -0.444 e. The first-order valence-electron chi connectivity index (χ1n) is 11.1. The Labute approximate surface area is 199 Å². The number of fused-ring (bicyclic) bond motifs is 1. The number of carbonyl (C=O) groups excluding carboxylic acids is 2. The lowest BCUT2D eigenvalue weighted by molar-refractivity contribution is -0.122. The van der Waals surface area contributed by atoms with Crippen molar-refractivity contribution < 1.29 is 19.1 Å². The summed E-state index contributed by atoms with van der Waals surface area (Å²) >= 11 is 0. The van der Waals surface area contributed by atoms with Gasteiger partial charge in [-0.2, -0.15) is 5.10 Å². The van der Waals surface area contributed by atoms with Crippen LogP contribution in [0.4, 0.5) is 10.6 Å². The van der Waals surface area contributed by atoms with Crippen LogP contribution in [0.5, 0.6) is 0 Å². The maximum absolute atomic E-state index is 12.2. The normalized spacial score (nSPS) is 13.7. The molecular formula is C26H32N4O4. The quantitative estimate of drug-likeness (QED) is 0.347. The van der Waals surface area contributed by atoms with Crippen molar-refractivity contribution in [2.45, 2.75) is 65.3 Å². The minimum atomic E-state index is -0.771. The monoisotopic (exact) mass is 464 g/mol. The van der Waals surface area contributed by atoms with Crippen molar-refractivity contribution in [3.8, 4) is 11.1 Å². The molecule has 0 radical (unpaired) electrons. The highest BCUT2D eigenvalue weighted by atomic mass is 16.6. The zero-order chi connectivity index (χ0) is 25.1. The van der Waals surface area contributed by atoms with Crippen LogP contribution in [-0.2, 0) is 19.9 Å². The number of aromatic nitrogens is 2. The summed E-state index contributed by atoms with van der Waals surface area (Å²) in [4.78, 5) is 26.7. The first kappa shape index (κ1) is 25.1. The summed E-state index contributed by atoms with van der Waals surface area (Å²) < 4.78 is 11.6. The van der Waals surface area contributed by atoms with Crippen LogP contribution in [0.1, 0.15) is 54.0 Å². The van der Waals surface area contributed by atoms with Crippen LogP contribution in [-0.4, -0.2) is 40.1 Å². The number of hydrogen-bond donors (Lipinski definition) is 2. The molecule has 0 aliphatic carbocycles. The predicted octanol–water partition coefficient (Wildman–Crippen LogP) is 5.94. The molecule has 8 heteroatoms. The third-order valence-electron chi connectivity index (χ3n) is 4.99. The number of ether oxygens (including phenoxy) is 2. The lowest BCUT2D eigenvalue weighted by atomic mass is 9.92. The molecule has 1 aromatic heterocycles. The Morgan fingerprint density at radius 1 is 1.00 bits per heavy atom. The molecule has 180 valence electrons. The number of benzene rings is 2. The summed E-state index contributed by atoms with van der Waals surface area (Å²) in [7, 11) is 0. The van der Waals surface area contributed by atoms with E-state index in [2.05, 4.69) is 20.5 Å². The maximum atomic E-state index is 12.2. The fourth-order valence-corrected chi connectivity index (χ4v) is 3.75. The van der Waals surface area contributed by atoms with E-state index in [1.165, 1.54) is 0 Å². The van der Waals surface area contributed by atoms with Gasteiger partial charge in [0.1, 0.15) is 11.2 Å². The van der Waals surface area contributed by atoms with Gasteiger partial charge >= 0.3 is 6.09 Å². The van der Waals surface area contributed by atoms with Gasteiger partial charge in [0.2, 0.25) is 6.08 Å². The van der Waals surface area contributed by atoms with Crippen LogP contribution in [0.3, 0.4) is 0 Å². The second-order valence-electron chi connectivity index (χ2n) is 10.4. The second-order valence-corrected chi connectivity index (χ2v) is 10.4. The van der Waals surface area contributed by atoms with E-state index in [1.807, 2.05) is 70.2 Å². The Hall–Kier alpha value is -3.48. The summed E-state index contributed by atoms with van der Waals surface area (Å²) in [5.41, 5.74) is 1.84. The number of aliphatic imine (C=N–C) groups is 1.